The predicted molar refractivity (Wildman–Crippen MR) is 129 cm³/mol. The lowest BCUT2D eigenvalue weighted by atomic mass is 9.84. The molecule has 1 aliphatic heterocycles. The summed E-state index contributed by atoms with van der Waals surface area (Å²) in [6.07, 6.45) is 3.33. The van der Waals surface area contributed by atoms with Gasteiger partial charge in [0.1, 0.15) is 6.54 Å². The van der Waals surface area contributed by atoms with Crippen LogP contribution in [0.15, 0.2) is 53.6 Å². The molecule has 2 amide bonds. The Hall–Kier alpha value is -2.41. The van der Waals surface area contributed by atoms with E-state index in [1.54, 1.807) is 24.1 Å². The van der Waals surface area contributed by atoms with Gasteiger partial charge in [-0.3, -0.25) is 9.59 Å². The minimum Gasteiger partial charge on any atom is -0.383 e. The Labute approximate surface area is 204 Å². The number of ether oxygens (including phenoxy) is 1. The number of carbonyl (C=O) groups excluding carboxylic acids is 2. The van der Waals surface area contributed by atoms with Gasteiger partial charge in [-0.2, -0.15) is 5.10 Å². The molecule has 8 heteroatoms. The highest BCUT2D eigenvalue weighted by Crippen LogP contribution is 2.35. The van der Waals surface area contributed by atoms with E-state index in [2.05, 4.69) is 5.10 Å². The molecule has 1 heterocycles. The van der Waals surface area contributed by atoms with Crippen molar-refractivity contribution >= 4 is 40.7 Å². The number of benzene rings is 2. The zero-order valence-electron chi connectivity index (χ0n) is 18.5. The average molecular weight is 488 g/mol. The van der Waals surface area contributed by atoms with Crippen LogP contribution in [0.25, 0.3) is 0 Å². The minimum atomic E-state index is -0.302. The van der Waals surface area contributed by atoms with Crippen molar-refractivity contribution in [2.45, 2.75) is 31.7 Å². The number of hydrazone groups is 1. The van der Waals surface area contributed by atoms with E-state index in [-0.39, 0.29) is 30.3 Å². The summed E-state index contributed by atoms with van der Waals surface area (Å²) in [5, 5.41) is 7.39. The molecule has 1 unspecified atom stereocenters. The molecule has 0 radical (unpaired) electrons. The molecule has 0 N–H and O–H groups in total. The van der Waals surface area contributed by atoms with Crippen LogP contribution in [0.5, 0.6) is 0 Å². The highest BCUT2D eigenvalue weighted by atomic mass is 35.5. The van der Waals surface area contributed by atoms with Crippen molar-refractivity contribution in [3.05, 3.63) is 69.7 Å². The van der Waals surface area contributed by atoms with E-state index >= 15 is 0 Å². The van der Waals surface area contributed by atoms with E-state index in [4.69, 9.17) is 27.9 Å². The molecular formula is C25H27Cl2N3O3. The van der Waals surface area contributed by atoms with Gasteiger partial charge in [0.15, 0.2) is 0 Å². The molecule has 174 valence electrons. The molecule has 1 aliphatic carbocycles. The SMILES string of the molecule is COCCN(CC(=O)N1N=C(c2ccccc2Cl)CC1c1ccc(Cl)cc1)C(=O)C1CCC1. The molecule has 2 aliphatic rings. The van der Waals surface area contributed by atoms with E-state index in [1.165, 1.54) is 5.01 Å². The van der Waals surface area contributed by atoms with Crippen molar-refractivity contribution in [2.24, 2.45) is 11.0 Å². The van der Waals surface area contributed by atoms with Crippen LogP contribution in [-0.4, -0.2) is 54.2 Å². The third kappa shape index (κ3) is 5.40. The molecule has 1 fully saturated rings. The first-order valence-corrected chi connectivity index (χ1v) is 11.9. The third-order valence-electron chi connectivity index (χ3n) is 6.26. The van der Waals surface area contributed by atoms with Gasteiger partial charge in [-0.15, -0.1) is 0 Å². The first-order chi connectivity index (χ1) is 16.0. The van der Waals surface area contributed by atoms with Crippen molar-refractivity contribution in [3.63, 3.8) is 0 Å². The van der Waals surface area contributed by atoms with Gasteiger partial charge < -0.3 is 9.64 Å². The third-order valence-corrected chi connectivity index (χ3v) is 6.84. The lowest BCUT2D eigenvalue weighted by Crippen LogP contribution is -2.46. The summed E-state index contributed by atoms with van der Waals surface area (Å²) in [5.41, 5.74) is 2.46. The number of rotatable bonds is 8. The second kappa shape index (κ2) is 10.7. The minimum absolute atomic E-state index is 0.00230. The molecule has 2 aromatic carbocycles. The Morgan fingerprint density at radius 2 is 1.85 bits per heavy atom. The first kappa shape index (κ1) is 23.7. The van der Waals surface area contributed by atoms with Gasteiger partial charge in [-0.1, -0.05) is 60.0 Å². The van der Waals surface area contributed by atoms with Crippen LogP contribution in [-0.2, 0) is 14.3 Å². The molecule has 1 saturated carbocycles. The highest BCUT2D eigenvalue weighted by molar-refractivity contribution is 6.34. The maximum absolute atomic E-state index is 13.5. The Morgan fingerprint density at radius 1 is 1.12 bits per heavy atom. The second-order valence-electron chi connectivity index (χ2n) is 8.42. The van der Waals surface area contributed by atoms with Gasteiger partial charge in [0.25, 0.3) is 5.91 Å². The number of nitrogens with zero attached hydrogens (tertiary/aromatic N) is 3. The zero-order valence-corrected chi connectivity index (χ0v) is 20.1. The molecule has 6 nitrogen and oxygen atoms in total. The molecule has 0 bridgehead atoms. The maximum atomic E-state index is 13.5. The summed E-state index contributed by atoms with van der Waals surface area (Å²) in [6, 6.07) is 14.6. The summed E-state index contributed by atoms with van der Waals surface area (Å²) in [4.78, 5) is 28.0. The molecule has 4 rings (SSSR count). The smallest absolute Gasteiger partial charge is 0.262 e. The molecule has 0 aromatic heterocycles. The van der Waals surface area contributed by atoms with Crippen molar-refractivity contribution < 1.29 is 14.3 Å². The van der Waals surface area contributed by atoms with Crippen molar-refractivity contribution in [3.8, 4) is 0 Å². The highest BCUT2D eigenvalue weighted by Gasteiger charge is 2.36. The van der Waals surface area contributed by atoms with E-state index in [1.807, 2.05) is 36.4 Å². The average Bonchev–Trinajstić information content (AvgIpc) is 3.21. The lowest BCUT2D eigenvalue weighted by molar-refractivity contribution is -0.146. The maximum Gasteiger partial charge on any atom is 0.262 e. The molecule has 0 saturated heterocycles. The number of hydrogen-bond acceptors (Lipinski definition) is 4. The van der Waals surface area contributed by atoms with Crippen LogP contribution in [0, 0.1) is 5.92 Å². The largest absolute Gasteiger partial charge is 0.383 e. The van der Waals surface area contributed by atoms with Crippen LogP contribution in [0.3, 0.4) is 0 Å². The summed E-state index contributed by atoms with van der Waals surface area (Å²) in [6.45, 7) is 0.709. The number of methoxy groups -OCH3 is 1. The fourth-order valence-corrected chi connectivity index (χ4v) is 4.53. The molecule has 1 atom stereocenters. The summed E-state index contributed by atoms with van der Waals surface area (Å²) >= 11 is 12.5. The van der Waals surface area contributed by atoms with Crippen LogP contribution in [0.4, 0.5) is 0 Å². The normalized spacial score (nSPS) is 18.1. The number of halogens is 2. The Balaban J connectivity index is 1.60. The van der Waals surface area contributed by atoms with Gasteiger partial charge in [-0.25, -0.2) is 5.01 Å². The van der Waals surface area contributed by atoms with E-state index in [0.29, 0.717) is 29.6 Å². The van der Waals surface area contributed by atoms with Gasteiger partial charge >= 0.3 is 0 Å². The summed E-state index contributed by atoms with van der Waals surface area (Å²) in [5.74, 6) is -0.215. The topological polar surface area (TPSA) is 62.2 Å². The van der Waals surface area contributed by atoms with Crippen LogP contribution >= 0.6 is 23.2 Å². The zero-order chi connectivity index (χ0) is 23.4. The number of amides is 2. The van der Waals surface area contributed by atoms with E-state index < -0.39 is 0 Å². The fourth-order valence-electron chi connectivity index (χ4n) is 4.16. The van der Waals surface area contributed by atoms with E-state index in [0.717, 1.165) is 36.1 Å². The van der Waals surface area contributed by atoms with Crippen molar-refractivity contribution in [2.75, 3.05) is 26.8 Å². The summed E-state index contributed by atoms with van der Waals surface area (Å²) < 4.78 is 5.18. The van der Waals surface area contributed by atoms with Gasteiger partial charge in [-0.05, 0) is 36.6 Å². The van der Waals surface area contributed by atoms with E-state index in [9.17, 15) is 9.59 Å². The predicted octanol–water partition coefficient (Wildman–Crippen LogP) is 4.95. The van der Waals surface area contributed by atoms with Crippen molar-refractivity contribution in [1.82, 2.24) is 9.91 Å². The van der Waals surface area contributed by atoms with Crippen molar-refractivity contribution in [1.29, 1.82) is 0 Å². The lowest BCUT2D eigenvalue weighted by Gasteiger charge is -2.32. The van der Waals surface area contributed by atoms with Crippen LogP contribution < -0.4 is 0 Å². The van der Waals surface area contributed by atoms with Crippen LogP contribution in [0.1, 0.15) is 42.9 Å². The standard InChI is InChI=1S/C25H27Cl2N3O3/c1-33-14-13-29(25(32)18-5-4-6-18)16-24(31)30-23(17-9-11-19(26)12-10-17)15-22(28-30)20-7-2-3-8-21(20)27/h2-3,7-12,18,23H,4-6,13-16H2,1H3. The molecule has 0 spiro atoms. The number of carbonyl (C=O) groups is 2. The summed E-state index contributed by atoms with van der Waals surface area (Å²) in [7, 11) is 1.59. The molecule has 2 aromatic rings. The number of hydrogen-bond donors (Lipinski definition) is 0. The molecular weight excluding hydrogens is 461 g/mol. The van der Waals surface area contributed by atoms with Gasteiger partial charge in [0.2, 0.25) is 5.91 Å². The Kier molecular flexibility index (Phi) is 7.68. The first-order valence-electron chi connectivity index (χ1n) is 11.2. The van der Waals surface area contributed by atoms with Crippen LogP contribution in [0.2, 0.25) is 10.0 Å². The fraction of sp³-hybridized carbons (Fsp3) is 0.400. The Morgan fingerprint density at radius 3 is 2.48 bits per heavy atom. The monoisotopic (exact) mass is 487 g/mol. The van der Waals surface area contributed by atoms with Gasteiger partial charge in [0.05, 0.1) is 18.4 Å². The quantitative estimate of drug-likeness (QED) is 0.529. The second-order valence-corrected chi connectivity index (χ2v) is 9.26. The Bertz CT molecular complexity index is 1040. The van der Waals surface area contributed by atoms with Gasteiger partial charge in [0, 0.05) is 41.6 Å². The molecule has 33 heavy (non-hydrogen) atoms.